The van der Waals surface area contributed by atoms with E-state index in [0.29, 0.717) is 11.3 Å². The lowest BCUT2D eigenvalue weighted by atomic mass is 10.2. The number of nitrogens with one attached hydrogen (secondary N) is 1. The topological polar surface area (TPSA) is 51.2 Å². The number of hydrogen-bond acceptors (Lipinski definition) is 4. The summed E-state index contributed by atoms with van der Waals surface area (Å²) in [6.45, 7) is 0. The Balaban J connectivity index is 1.74. The molecule has 1 aliphatic rings. The van der Waals surface area contributed by atoms with Crippen LogP contribution in [0.15, 0.2) is 28.7 Å². The van der Waals surface area contributed by atoms with Crippen molar-refractivity contribution in [1.29, 1.82) is 0 Å². The molecule has 0 saturated heterocycles. The van der Waals surface area contributed by atoms with Crippen LogP contribution in [0.3, 0.4) is 0 Å². The third-order valence-corrected chi connectivity index (χ3v) is 5.33. The Kier molecular flexibility index (Phi) is 4.29. The molecule has 0 radical (unpaired) electrons. The maximum Gasteiger partial charge on any atom is 0.169 e. The van der Waals surface area contributed by atoms with Crippen LogP contribution in [-0.2, 0) is 0 Å². The fraction of sp³-hybridized carbons (Fsp3) is 0.467. The monoisotopic (exact) mass is 294 g/mol. The van der Waals surface area contributed by atoms with E-state index in [-0.39, 0.29) is 11.9 Å². The second-order valence-electron chi connectivity index (χ2n) is 5.27. The number of halogens is 1. The number of hydrazine groups is 1. The second kappa shape index (κ2) is 6.16. The van der Waals surface area contributed by atoms with Gasteiger partial charge in [-0.2, -0.15) is 11.8 Å². The Morgan fingerprint density at radius 3 is 2.90 bits per heavy atom. The maximum absolute atomic E-state index is 13.6. The average Bonchev–Trinajstić information content (AvgIpc) is 3.09. The van der Waals surface area contributed by atoms with E-state index in [9.17, 15) is 4.39 Å². The van der Waals surface area contributed by atoms with Gasteiger partial charge in [-0.15, -0.1) is 0 Å². The van der Waals surface area contributed by atoms with E-state index in [2.05, 4.69) is 5.43 Å². The molecule has 1 aromatic carbocycles. The van der Waals surface area contributed by atoms with E-state index in [4.69, 9.17) is 10.3 Å². The molecule has 0 spiro atoms. The summed E-state index contributed by atoms with van der Waals surface area (Å²) in [5, 5.41) is 1.51. The molecule has 20 heavy (non-hydrogen) atoms. The molecule has 0 bridgehead atoms. The first-order chi connectivity index (χ1) is 9.78. The predicted molar refractivity (Wildman–Crippen MR) is 81.0 cm³/mol. The Bertz CT molecular complexity index is 580. The molecule has 1 heterocycles. The predicted octanol–water partition coefficient (Wildman–Crippen LogP) is 3.75. The van der Waals surface area contributed by atoms with Crippen LogP contribution in [0.2, 0.25) is 0 Å². The Morgan fingerprint density at radius 2 is 2.20 bits per heavy atom. The summed E-state index contributed by atoms with van der Waals surface area (Å²) < 4.78 is 19.3. The molecule has 1 saturated carbocycles. The normalized spacial score (nSPS) is 17.9. The number of hydrogen-bond donors (Lipinski definition) is 2. The minimum absolute atomic E-state index is 0.0765. The summed E-state index contributed by atoms with van der Waals surface area (Å²) in [7, 11) is 0. The summed E-state index contributed by atoms with van der Waals surface area (Å²) in [5.41, 5.74) is 3.10. The number of nitrogens with two attached hydrogens (primary N) is 1. The summed E-state index contributed by atoms with van der Waals surface area (Å²) in [5.74, 6) is 6.86. The van der Waals surface area contributed by atoms with E-state index in [1.165, 1.54) is 31.7 Å². The van der Waals surface area contributed by atoms with Gasteiger partial charge in [0, 0.05) is 16.4 Å². The van der Waals surface area contributed by atoms with Gasteiger partial charge in [0.05, 0.1) is 6.04 Å². The van der Waals surface area contributed by atoms with Gasteiger partial charge < -0.3 is 4.42 Å². The molecule has 2 aromatic rings. The fourth-order valence-corrected chi connectivity index (χ4v) is 4.11. The van der Waals surface area contributed by atoms with Crippen molar-refractivity contribution in [3.05, 3.63) is 35.8 Å². The van der Waals surface area contributed by atoms with Crippen molar-refractivity contribution in [2.75, 3.05) is 5.75 Å². The molecule has 108 valence electrons. The first-order valence-corrected chi connectivity index (χ1v) is 8.08. The van der Waals surface area contributed by atoms with Crippen LogP contribution in [0.5, 0.6) is 0 Å². The van der Waals surface area contributed by atoms with Gasteiger partial charge in [-0.25, -0.2) is 9.82 Å². The van der Waals surface area contributed by atoms with Gasteiger partial charge in [0.1, 0.15) is 5.76 Å². The molecule has 1 unspecified atom stereocenters. The van der Waals surface area contributed by atoms with E-state index in [1.54, 1.807) is 6.07 Å². The summed E-state index contributed by atoms with van der Waals surface area (Å²) in [6.07, 6.45) is 5.23. The number of fused-ring (bicyclic) bond motifs is 1. The van der Waals surface area contributed by atoms with Crippen molar-refractivity contribution in [3.63, 3.8) is 0 Å². The third kappa shape index (κ3) is 2.85. The lowest BCUT2D eigenvalue weighted by Crippen LogP contribution is -2.29. The van der Waals surface area contributed by atoms with Crippen molar-refractivity contribution in [3.8, 4) is 0 Å². The standard InChI is InChI=1S/C15H19FN2OS/c16-12-7-3-4-10-8-14(19-15(10)12)13(18-17)9-20-11-5-1-2-6-11/h3-4,7-8,11,13,18H,1-2,5-6,9,17H2. The minimum Gasteiger partial charge on any atom is -0.456 e. The van der Waals surface area contributed by atoms with Crippen molar-refractivity contribution < 1.29 is 8.81 Å². The first-order valence-electron chi connectivity index (χ1n) is 7.03. The molecular formula is C15H19FN2OS. The summed E-state index contributed by atoms with van der Waals surface area (Å²) >= 11 is 1.93. The molecular weight excluding hydrogens is 275 g/mol. The third-order valence-electron chi connectivity index (χ3n) is 3.86. The molecule has 5 heteroatoms. The van der Waals surface area contributed by atoms with E-state index in [0.717, 1.165) is 16.4 Å². The van der Waals surface area contributed by atoms with Gasteiger partial charge in [-0.05, 0) is 25.0 Å². The van der Waals surface area contributed by atoms with Crippen molar-refractivity contribution in [2.24, 2.45) is 5.84 Å². The first kappa shape index (κ1) is 13.9. The molecule has 3 rings (SSSR count). The zero-order valence-electron chi connectivity index (χ0n) is 11.3. The lowest BCUT2D eigenvalue weighted by Gasteiger charge is -2.15. The van der Waals surface area contributed by atoms with Gasteiger partial charge in [-0.3, -0.25) is 5.84 Å². The van der Waals surface area contributed by atoms with E-state index < -0.39 is 0 Å². The summed E-state index contributed by atoms with van der Waals surface area (Å²) in [6, 6.07) is 6.75. The second-order valence-corrected chi connectivity index (χ2v) is 6.60. The van der Waals surface area contributed by atoms with Gasteiger partial charge in [0.25, 0.3) is 0 Å². The number of rotatable bonds is 5. The van der Waals surface area contributed by atoms with Crippen LogP contribution in [-0.4, -0.2) is 11.0 Å². The van der Waals surface area contributed by atoms with Crippen molar-refractivity contribution >= 4 is 22.7 Å². The minimum atomic E-state index is -0.326. The Morgan fingerprint density at radius 1 is 1.40 bits per heavy atom. The lowest BCUT2D eigenvalue weighted by molar-refractivity contribution is 0.453. The summed E-state index contributed by atoms with van der Waals surface area (Å²) in [4.78, 5) is 0. The zero-order valence-corrected chi connectivity index (χ0v) is 12.1. The van der Waals surface area contributed by atoms with Crippen molar-refractivity contribution in [1.82, 2.24) is 5.43 Å². The van der Waals surface area contributed by atoms with Crippen LogP contribution in [0.25, 0.3) is 11.0 Å². The smallest absolute Gasteiger partial charge is 0.169 e. The average molecular weight is 294 g/mol. The van der Waals surface area contributed by atoms with Gasteiger partial charge in [0.2, 0.25) is 0 Å². The maximum atomic E-state index is 13.6. The van der Waals surface area contributed by atoms with E-state index in [1.807, 2.05) is 23.9 Å². The number of thioether (sulfide) groups is 1. The van der Waals surface area contributed by atoms with E-state index >= 15 is 0 Å². The van der Waals surface area contributed by atoms with Crippen LogP contribution < -0.4 is 11.3 Å². The van der Waals surface area contributed by atoms with Gasteiger partial charge in [0.15, 0.2) is 11.4 Å². The fourth-order valence-electron chi connectivity index (χ4n) is 2.72. The molecule has 1 aromatic heterocycles. The van der Waals surface area contributed by atoms with Crippen LogP contribution in [0, 0.1) is 5.82 Å². The largest absolute Gasteiger partial charge is 0.456 e. The Labute approximate surface area is 122 Å². The molecule has 0 aliphatic heterocycles. The van der Waals surface area contributed by atoms with Crippen LogP contribution >= 0.6 is 11.8 Å². The molecule has 1 atom stereocenters. The van der Waals surface area contributed by atoms with Crippen molar-refractivity contribution in [2.45, 2.75) is 37.0 Å². The molecule has 3 nitrogen and oxygen atoms in total. The molecule has 0 amide bonds. The molecule has 3 N–H and O–H groups in total. The quantitative estimate of drug-likeness (QED) is 0.651. The Hall–Kier alpha value is -1.04. The van der Waals surface area contributed by atoms with Crippen LogP contribution in [0.4, 0.5) is 4.39 Å². The van der Waals surface area contributed by atoms with Gasteiger partial charge in [-0.1, -0.05) is 25.0 Å². The molecule has 1 fully saturated rings. The highest BCUT2D eigenvalue weighted by Crippen LogP contribution is 2.33. The highest BCUT2D eigenvalue weighted by molar-refractivity contribution is 7.99. The molecule has 1 aliphatic carbocycles. The number of furan rings is 1. The highest BCUT2D eigenvalue weighted by atomic mass is 32.2. The number of benzene rings is 1. The highest BCUT2D eigenvalue weighted by Gasteiger charge is 2.21. The van der Waals surface area contributed by atoms with Gasteiger partial charge >= 0.3 is 0 Å². The number of para-hydroxylation sites is 1. The van der Waals surface area contributed by atoms with Crippen LogP contribution in [0.1, 0.15) is 37.5 Å². The SMILES string of the molecule is NNC(CSC1CCCC1)c1cc2cccc(F)c2o1. The zero-order chi connectivity index (χ0) is 13.9.